The van der Waals surface area contributed by atoms with Crippen LogP contribution in [0.5, 0.6) is 0 Å². The molecule has 5 rings (SSSR count). The third-order valence-corrected chi connectivity index (χ3v) is 8.40. The third-order valence-electron chi connectivity index (χ3n) is 7.15. The number of carbonyl (C=O) groups excluding carboxylic acids is 3. The molecule has 0 aliphatic heterocycles. The molecule has 0 fully saturated rings. The number of rotatable bonds is 10. The van der Waals surface area contributed by atoms with Crippen LogP contribution in [0.4, 0.5) is 15.8 Å². The maximum Gasteiger partial charge on any atom is 0.272 e. The number of para-hydroxylation sites is 1. The molecule has 0 aliphatic rings. The fourth-order valence-electron chi connectivity index (χ4n) is 4.77. The first-order valence-corrected chi connectivity index (χ1v) is 15.5. The van der Waals surface area contributed by atoms with Gasteiger partial charge in [0.15, 0.2) is 0 Å². The summed E-state index contributed by atoms with van der Waals surface area (Å²) in [6.07, 6.45) is 1.30. The Morgan fingerprint density at radius 1 is 0.717 bits per heavy atom. The maximum absolute atomic E-state index is 14.5. The summed E-state index contributed by atoms with van der Waals surface area (Å²) in [5.41, 5.74) is 4.33. The molecule has 3 amide bonds. The van der Waals surface area contributed by atoms with Crippen molar-refractivity contribution in [3.8, 4) is 0 Å². The Kier molecular flexibility index (Phi) is 10.4. The number of halogens is 1. The van der Waals surface area contributed by atoms with Gasteiger partial charge in [-0.1, -0.05) is 91.0 Å². The number of aryl methyl sites for hydroxylation is 2. The van der Waals surface area contributed by atoms with E-state index in [1.54, 1.807) is 60.7 Å². The van der Waals surface area contributed by atoms with Gasteiger partial charge in [-0.15, -0.1) is 11.8 Å². The average Bonchev–Trinajstić information content (AvgIpc) is 3.07. The number of benzene rings is 5. The van der Waals surface area contributed by atoms with Gasteiger partial charge in [0.2, 0.25) is 5.91 Å². The Bertz CT molecular complexity index is 1870. The molecular formula is C38H32FN3O3S. The molecule has 0 saturated heterocycles. The number of nitrogens with one attached hydrogen (secondary N) is 3. The van der Waals surface area contributed by atoms with E-state index in [9.17, 15) is 18.8 Å². The van der Waals surface area contributed by atoms with Crippen molar-refractivity contribution in [2.24, 2.45) is 0 Å². The second-order valence-corrected chi connectivity index (χ2v) is 11.7. The third kappa shape index (κ3) is 8.16. The fourth-order valence-corrected chi connectivity index (χ4v) is 5.86. The van der Waals surface area contributed by atoms with Crippen LogP contribution in [0.2, 0.25) is 0 Å². The van der Waals surface area contributed by atoms with Crippen LogP contribution in [0.15, 0.2) is 138 Å². The second kappa shape index (κ2) is 15.0. The van der Waals surface area contributed by atoms with E-state index in [0.717, 1.165) is 27.3 Å². The van der Waals surface area contributed by atoms with E-state index >= 15 is 0 Å². The maximum atomic E-state index is 14.5. The molecule has 0 saturated carbocycles. The Hall–Kier alpha value is -5.47. The second-order valence-electron chi connectivity index (χ2n) is 10.5. The Morgan fingerprint density at radius 3 is 2.04 bits per heavy atom. The molecule has 5 aromatic carbocycles. The predicted molar refractivity (Wildman–Crippen MR) is 183 cm³/mol. The van der Waals surface area contributed by atoms with Crippen LogP contribution in [0.3, 0.4) is 0 Å². The van der Waals surface area contributed by atoms with Crippen LogP contribution in [0.25, 0.3) is 6.08 Å². The Morgan fingerprint density at radius 2 is 1.35 bits per heavy atom. The smallest absolute Gasteiger partial charge is 0.272 e. The molecule has 46 heavy (non-hydrogen) atoms. The highest BCUT2D eigenvalue weighted by atomic mass is 32.2. The van der Waals surface area contributed by atoms with Gasteiger partial charge < -0.3 is 16.0 Å². The zero-order chi connectivity index (χ0) is 32.5. The summed E-state index contributed by atoms with van der Waals surface area (Å²) in [4.78, 5) is 41.0. The normalized spacial score (nSPS) is 11.8. The van der Waals surface area contributed by atoms with Crippen molar-refractivity contribution in [3.05, 3.63) is 167 Å². The van der Waals surface area contributed by atoms with Crippen molar-refractivity contribution >= 4 is 46.9 Å². The molecule has 0 aliphatic carbocycles. The highest BCUT2D eigenvalue weighted by molar-refractivity contribution is 8.00. The minimum absolute atomic E-state index is 0.132. The van der Waals surface area contributed by atoms with E-state index in [0.29, 0.717) is 11.3 Å². The summed E-state index contributed by atoms with van der Waals surface area (Å²) in [5, 5.41) is 7.97. The number of thioether (sulfide) groups is 1. The summed E-state index contributed by atoms with van der Waals surface area (Å²) in [7, 11) is 0. The first-order chi connectivity index (χ1) is 22.3. The van der Waals surface area contributed by atoms with Crippen molar-refractivity contribution in [2.75, 3.05) is 10.6 Å². The van der Waals surface area contributed by atoms with Gasteiger partial charge in [-0.25, -0.2) is 4.39 Å². The molecule has 6 nitrogen and oxygen atoms in total. The zero-order valence-electron chi connectivity index (χ0n) is 25.3. The van der Waals surface area contributed by atoms with E-state index in [-0.39, 0.29) is 17.2 Å². The average molecular weight is 630 g/mol. The predicted octanol–water partition coefficient (Wildman–Crippen LogP) is 8.32. The highest BCUT2D eigenvalue weighted by Gasteiger charge is 2.24. The van der Waals surface area contributed by atoms with Gasteiger partial charge in [-0.3, -0.25) is 14.4 Å². The van der Waals surface area contributed by atoms with E-state index in [1.807, 2.05) is 68.4 Å². The van der Waals surface area contributed by atoms with E-state index < -0.39 is 22.9 Å². The minimum atomic E-state index is -0.637. The van der Waals surface area contributed by atoms with Gasteiger partial charge in [-0.05, 0) is 73.0 Å². The van der Waals surface area contributed by atoms with Gasteiger partial charge >= 0.3 is 0 Å². The van der Waals surface area contributed by atoms with Crippen LogP contribution in [0.1, 0.15) is 37.9 Å². The van der Waals surface area contributed by atoms with Crippen LogP contribution in [-0.2, 0) is 9.59 Å². The van der Waals surface area contributed by atoms with Crippen molar-refractivity contribution < 1.29 is 18.8 Å². The molecule has 0 spiro atoms. The van der Waals surface area contributed by atoms with E-state index in [1.165, 1.54) is 30.0 Å². The molecule has 1 unspecified atom stereocenters. The standard InChI is InChI=1S/C38H32FN3O3S/c1-25-13-11-14-26(2)34(25)42-38(45)35(27-15-5-3-6-16-27)46-31-21-12-20-30(24-31)40-37(44)33(23-29-19-9-10-22-32(29)39)41-36(43)28-17-7-4-8-18-28/h3-24,35H,1-2H3,(H,40,44)(H,41,43)(H,42,45)/b33-23-. The lowest BCUT2D eigenvalue weighted by Crippen LogP contribution is -2.30. The quantitative estimate of drug-likeness (QED) is 0.107. The monoisotopic (exact) mass is 629 g/mol. The Labute approximate surface area is 271 Å². The van der Waals surface area contributed by atoms with Crippen LogP contribution in [-0.4, -0.2) is 17.7 Å². The lowest BCUT2D eigenvalue weighted by atomic mass is 10.1. The number of amides is 3. The summed E-state index contributed by atoms with van der Waals surface area (Å²) in [6, 6.07) is 36.9. The fraction of sp³-hybridized carbons (Fsp3) is 0.0789. The van der Waals surface area contributed by atoms with Crippen LogP contribution in [0, 0.1) is 19.7 Å². The number of anilines is 2. The van der Waals surface area contributed by atoms with Gasteiger partial charge in [0, 0.05) is 27.4 Å². The first-order valence-electron chi connectivity index (χ1n) is 14.6. The van der Waals surface area contributed by atoms with Crippen LogP contribution < -0.4 is 16.0 Å². The van der Waals surface area contributed by atoms with Crippen molar-refractivity contribution in [1.82, 2.24) is 5.32 Å². The molecule has 0 radical (unpaired) electrons. The topological polar surface area (TPSA) is 87.3 Å². The number of hydrogen-bond acceptors (Lipinski definition) is 4. The van der Waals surface area contributed by atoms with Gasteiger partial charge in [-0.2, -0.15) is 0 Å². The molecule has 0 bridgehead atoms. The molecule has 230 valence electrons. The zero-order valence-corrected chi connectivity index (χ0v) is 26.1. The van der Waals surface area contributed by atoms with Gasteiger partial charge in [0.05, 0.1) is 0 Å². The summed E-state index contributed by atoms with van der Waals surface area (Å²) < 4.78 is 14.5. The SMILES string of the molecule is Cc1cccc(C)c1NC(=O)C(Sc1cccc(NC(=O)/C(=C/c2ccccc2F)NC(=O)c2ccccc2)c1)c1ccccc1. The molecule has 1 atom stereocenters. The van der Waals surface area contributed by atoms with Crippen molar-refractivity contribution in [2.45, 2.75) is 24.0 Å². The number of hydrogen-bond donors (Lipinski definition) is 3. The Balaban J connectivity index is 1.39. The molecule has 8 heteroatoms. The van der Waals surface area contributed by atoms with E-state index in [4.69, 9.17) is 0 Å². The summed E-state index contributed by atoms with van der Waals surface area (Å²) in [5.74, 6) is -1.86. The van der Waals surface area contributed by atoms with Crippen molar-refractivity contribution in [3.63, 3.8) is 0 Å². The van der Waals surface area contributed by atoms with Crippen molar-refractivity contribution in [1.29, 1.82) is 0 Å². The molecule has 5 aromatic rings. The first kappa shape index (κ1) is 31.9. The molecular weight excluding hydrogens is 598 g/mol. The summed E-state index contributed by atoms with van der Waals surface area (Å²) in [6.45, 7) is 3.91. The molecule has 0 heterocycles. The molecule has 3 N–H and O–H groups in total. The van der Waals surface area contributed by atoms with Crippen LogP contribution >= 0.6 is 11.8 Å². The van der Waals surface area contributed by atoms with Gasteiger partial charge in [0.1, 0.15) is 16.8 Å². The minimum Gasteiger partial charge on any atom is -0.324 e. The highest BCUT2D eigenvalue weighted by Crippen LogP contribution is 2.37. The van der Waals surface area contributed by atoms with Gasteiger partial charge in [0.25, 0.3) is 11.8 Å². The lowest BCUT2D eigenvalue weighted by Gasteiger charge is -2.19. The lowest BCUT2D eigenvalue weighted by molar-refractivity contribution is -0.116. The van der Waals surface area contributed by atoms with E-state index in [2.05, 4.69) is 16.0 Å². The molecule has 0 aromatic heterocycles. The largest absolute Gasteiger partial charge is 0.324 e. The number of carbonyl (C=O) groups is 3. The summed E-state index contributed by atoms with van der Waals surface area (Å²) >= 11 is 1.35.